The first-order valence-corrected chi connectivity index (χ1v) is 7.96. The Labute approximate surface area is 133 Å². The minimum absolute atomic E-state index is 0.354. The summed E-state index contributed by atoms with van der Waals surface area (Å²) in [6.45, 7) is 2.05. The zero-order chi connectivity index (χ0) is 15.4. The van der Waals surface area contributed by atoms with Crippen LogP contribution in [0.25, 0.3) is 6.08 Å². The topological polar surface area (TPSA) is 38.7 Å². The molecule has 1 aliphatic rings. The van der Waals surface area contributed by atoms with Crippen molar-refractivity contribution in [1.29, 1.82) is 0 Å². The van der Waals surface area contributed by atoms with Crippen LogP contribution in [0.5, 0.6) is 0 Å². The number of benzene rings is 1. The molecule has 110 valence electrons. The SMILES string of the molecule is CCC(=Cc1ccccc1)C=C1N=C(c2cccs2)OC1=O. The monoisotopic (exact) mass is 309 g/mol. The molecule has 0 N–H and O–H groups in total. The van der Waals surface area contributed by atoms with Gasteiger partial charge in [-0.15, -0.1) is 11.3 Å². The van der Waals surface area contributed by atoms with E-state index < -0.39 is 5.97 Å². The highest BCUT2D eigenvalue weighted by Crippen LogP contribution is 2.22. The molecule has 0 saturated carbocycles. The Morgan fingerprint density at radius 3 is 2.73 bits per heavy atom. The van der Waals surface area contributed by atoms with Crippen molar-refractivity contribution in [2.75, 3.05) is 0 Å². The summed E-state index contributed by atoms with van der Waals surface area (Å²) in [5.74, 6) is -0.00257. The van der Waals surface area contributed by atoms with E-state index in [1.807, 2.05) is 47.8 Å². The zero-order valence-electron chi connectivity index (χ0n) is 12.2. The third-order valence-electron chi connectivity index (χ3n) is 3.23. The van der Waals surface area contributed by atoms with Crippen molar-refractivity contribution < 1.29 is 9.53 Å². The number of hydrogen-bond acceptors (Lipinski definition) is 4. The second kappa shape index (κ2) is 6.54. The Morgan fingerprint density at radius 2 is 2.05 bits per heavy atom. The van der Waals surface area contributed by atoms with E-state index in [1.165, 1.54) is 11.3 Å². The second-order valence-corrected chi connectivity index (χ2v) is 5.74. The summed E-state index contributed by atoms with van der Waals surface area (Å²) in [7, 11) is 0. The lowest BCUT2D eigenvalue weighted by molar-refractivity contribution is -0.130. The van der Waals surface area contributed by atoms with Gasteiger partial charge in [-0.2, -0.15) is 0 Å². The van der Waals surface area contributed by atoms with Crippen LogP contribution in [-0.4, -0.2) is 11.9 Å². The van der Waals surface area contributed by atoms with Crippen LogP contribution in [0, 0.1) is 0 Å². The third kappa shape index (κ3) is 3.23. The van der Waals surface area contributed by atoms with Gasteiger partial charge in [-0.25, -0.2) is 9.79 Å². The number of thiophene rings is 1. The van der Waals surface area contributed by atoms with Crippen molar-refractivity contribution in [3.63, 3.8) is 0 Å². The maximum absolute atomic E-state index is 12.0. The third-order valence-corrected chi connectivity index (χ3v) is 4.09. The molecule has 1 aliphatic heterocycles. The number of cyclic esters (lactones) is 1. The van der Waals surface area contributed by atoms with Crippen LogP contribution in [0.15, 0.2) is 70.2 Å². The number of carbonyl (C=O) groups excluding carboxylic acids is 1. The highest BCUT2D eigenvalue weighted by Gasteiger charge is 2.24. The summed E-state index contributed by atoms with van der Waals surface area (Å²) in [5.41, 5.74) is 2.49. The van der Waals surface area contributed by atoms with E-state index in [4.69, 9.17) is 4.74 Å². The number of nitrogens with zero attached hydrogens (tertiary/aromatic N) is 1. The van der Waals surface area contributed by atoms with Crippen LogP contribution in [0.2, 0.25) is 0 Å². The smallest absolute Gasteiger partial charge is 0.363 e. The van der Waals surface area contributed by atoms with Gasteiger partial charge in [-0.3, -0.25) is 0 Å². The van der Waals surface area contributed by atoms with Crippen molar-refractivity contribution in [2.24, 2.45) is 4.99 Å². The van der Waals surface area contributed by atoms with Crippen molar-refractivity contribution in [3.05, 3.63) is 75.6 Å². The number of hydrogen-bond donors (Lipinski definition) is 0. The quantitative estimate of drug-likeness (QED) is 0.619. The number of carbonyl (C=O) groups is 1. The van der Waals surface area contributed by atoms with Gasteiger partial charge in [0.1, 0.15) is 0 Å². The van der Waals surface area contributed by atoms with Crippen molar-refractivity contribution >= 4 is 29.3 Å². The maximum Gasteiger partial charge on any atom is 0.363 e. The molecule has 2 aromatic rings. The van der Waals surface area contributed by atoms with Gasteiger partial charge >= 0.3 is 5.97 Å². The Morgan fingerprint density at radius 1 is 1.23 bits per heavy atom. The van der Waals surface area contributed by atoms with Crippen LogP contribution in [-0.2, 0) is 9.53 Å². The van der Waals surface area contributed by atoms with Crippen molar-refractivity contribution in [3.8, 4) is 0 Å². The molecule has 0 fully saturated rings. The van der Waals surface area contributed by atoms with E-state index in [0.717, 1.165) is 22.4 Å². The lowest BCUT2D eigenvalue weighted by Gasteiger charge is -1.99. The molecule has 1 aromatic carbocycles. The minimum Gasteiger partial charge on any atom is -0.401 e. The lowest BCUT2D eigenvalue weighted by atomic mass is 10.1. The largest absolute Gasteiger partial charge is 0.401 e. The fraction of sp³-hybridized carbons (Fsp3) is 0.111. The molecule has 3 nitrogen and oxygen atoms in total. The molecule has 0 amide bonds. The van der Waals surface area contributed by atoms with Crippen molar-refractivity contribution in [2.45, 2.75) is 13.3 Å². The molecule has 0 atom stereocenters. The summed E-state index contributed by atoms with van der Waals surface area (Å²) in [6, 6.07) is 13.8. The van der Waals surface area contributed by atoms with Gasteiger partial charge in [0.25, 0.3) is 0 Å². The van der Waals surface area contributed by atoms with Gasteiger partial charge in [-0.1, -0.05) is 49.4 Å². The Balaban J connectivity index is 1.89. The molecular weight excluding hydrogens is 294 g/mol. The van der Waals surface area contributed by atoms with Crippen molar-refractivity contribution in [1.82, 2.24) is 0 Å². The van der Waals surface area contributed by atoms with Gasteiger partial charge in [0.2, 0.25) is 5.90 Å². The second-order valence-electron chi connectivity index (χ2n) is 4.80. The molecule has 2 heterocycles. The van der Waals surface area contributed by atoms with E-state index in [-0.39, 0.29) is 0 Å². The molecule has 4 heteroatoms. The average Bonchev–Trinajstić information content (AvgIpc) is 3.18. The highest BCUT2D eigenvalue weighted by atomic mass is 32.1. The number of esters is 1. The molecule has 0 unspecified atom stereocenters. The molecule has 3 rings (SSSR count). The standard InChI is InChI=1S/C18H15NO2S/c1-2-13(11-14-7-4-3-5-8-14)12-15-18(20)21-17(19-15)16-9-6-10-22-16/h3-12H,2H2,1H3. The van der Waals surface area contributed by atoms with E-state index in [1.54, 1.807) is 6.08 Å². The first kappa shape index (κ1) is 14.5. The summed E-state index contributed by atoms with van der Waals surface area (Å²) in [6.07, 6.45) is 4.67. The first-order valence-electron chi connectivity index (χ1n) is 7.08. The van der Waals surface area contributed by atoms with Crippen LogP contribution >= 0.6 is 11.3 Å². The summed E-state index contributed by atoms with van der Waals surface area (Å²) >= 11 is 1.50. The van der Waals surface area contributed by atoms with Crippen LogP contribution in [0.1, 0.15) is 23.8 Å². The van der Waals surface area contributed by atoms with Gasteiger partial charge in [0.05, 0.1) is 4.88 Å². The lowest BCUT2D eigenvalue weighted by Crippen LogP contribution is -2.03. The fourth-order valence-corrected chi connectivity index (χ4v) is 2.75. The van der Waals surface area contributed by atoms with Gasteiger partial charge in [0, 0.05) is 0 Å². The maximum atomic E-state index is 12.0. The van der Waals surface area contributed by atoms with E-state index in [0.29, 0.717) is 11.6 Å². The van der Waals surface area contributed by atoms with Crippen LogP contribution in [0.4, 0.5) is 0 Å². The summed E-state index contributed by atoms with van der Waals surface area (Å²) in [5, 5.41) is 1.93. The van der Waals surface area contributed by atoms with E-state index >= 15 is 0 Å². The first-order chi connectivity index (χ1) is 10.8. The van der Waals surface area contributed by atoms with Gasteiger partial charge < -0.3 is 4.74 Å². The molecule has 22 heavy (non-hydrogen) atoms. The number of rotatable bonds is 4. The molecule has 1 aromatic heterocycles. The zero-order valence-corrected chi connectivity index (χ0v) is 13.0. The molecule has 0 spiro atoms. The van der Waals surface area contributed by atoms with Gasteiger partial charge in [0.15, 0.2) is 5.70 Å². The minimum atomic E-state index is -0.393. The number of allylic oxidation sites excluding steroid dienone is 2. The van der Waals surface area contributed by atoms with E-state index in [9.17, 15) is 4.79 Å². The van der Waals surface area contributed by atoms with Crippen LogP contribution < -0.4 is 0 Å². The highest BCUT2D eigenvalue weighted by molar-refractivity contribution is 7.12. The summed E-state index contributed by atoms with van der Waals surface area (Å²) in [4.78, 5) is 17.1. The summed E-state index contributed by atoms with van der Waals surface area (Å²) < 4.78 is 5.24. The predicted molar refractivity (Wildman–Crippen MR) is 89.7 cm³/mol. The normalized spacial score (nSPS) is 16.8. The van der Waals surface area contributed by atoms with Gasteiger partial charge in [-0.05, 0) is 35.1 Å². The van der Waals surface area contributed by atoms with Crippen LogP contribution in [0.3, 0.4) is 0 Å². The van der Waals surface area contributed by atoms with E-state index in [2.05, 4.69) is 18.0 Å². The molecule has 0 radical (unpaired) electrons. The Kier molecular flexibility index (Phi) is 4.30. The number of aliphatic imine (C=N–C) groups is 1. The average molecular weight is 309 g/mol. The molecular formula is C18H15NO2S. The Hall–Kier alpha value is -2.46. The predicted octanol–water partition coefficient (Wildman–Crippen LogP) is 4.43. The molecule has 0 saturated heterocycles. The Bertz CT molecular complexity index is 756. The molecule has 0 bridgehead atoms. The molecule has 0 aliphatic carbocycles. The number of ether oxygens (including phenoxy) is 1. The fourth-order valence-electron chi connectivity index (χ4n) is 2.10.